The fourth-order valence-corrected chi connectivity index (χ4v) is 2.36. The maximum Gasteiger partial charge on any atom is 0.223 e. The zero-order chi connectivity index (χ0) is 16.1. The van der Waals surface area contributed by atoms with Gasteiger partial charge in [0.2, 0.25) is 5.43 Å². The standard InChI is InChI=1S/C18H18N2O3/c19-11-14-10-16(21)18(12-20-14)23-9-8-22-17-7-3-5-13-4-1-2-6-15(13)17/h1-7,10,12H,8-9,11,19H2,(H,20,21). The smallest absolute Gasteiger partial charge is 0.223 e. The highest BCUT2D eigenvalue weighted by Gasteiger charge is 2.03. The van der Waals surface area contributed by atoms with Crippen LogP contribution in [0.25, 0.3) is 10.8 Å². The van der Waals surface area contributed by atoms with Crippen LogP contribution in [0.2, 0.25) is 0 Å². The average Bonchev–Trinajstić information content (AvgIpc) is 2.59. The number of benzene rings is 2. The van der Waals surface area contributed by atoms with Crippen molar-refractivity contribution in [3.8, 4) is 11.5 Å². The van der Waals surface area contributed by atoms with Crippen LogP contribution in [0.15, 0.2) is 59.5 Å². The highest BCUT2D eigenvalue weighted by molar-refractivity contribution is 5.88. The zero-order valence-corrected chi connectivity index (χ0v) is 12.6. The summed E-state index contributed by atoms with van der Waals surface area (Å²) in [4.78, 5) is 14.7. The summed E-state index contributed by atoms with van der Waals surface area (Å²) in [7, 11) is 0. The third-order valence-electron chi connectivity index (χ3n) is 3.50. The van der Waals surface area contributed by atoms with Gasteiger partial charge in [-0.15, -0.1) is 0 Å². The molecule has 0 unspecified atom stereocenters. The van der Waals surface area contributed by atoms with Gasteiger partial charge in [-0.05, 0) is 11.5 Å². The molecule has 0 aliphatic heterocycles. The summed E-state index contributed by atoms with van der Waals surface area (Å²) in [6, 6.07) is 15.4. The van der Waals surface area contributed by atoms with Crippen molar-refractivity contribution in [2.45, 2.75) is 6.54 Å². The Labute approximate surface area is 133 Å². The van der Waals surface area contributed by atoms with E-state index in [1.807, 2.05) is 42.5 Å². The van der Waals surface area contributed by atoms with Crippen molar-refractivity contribution < 1.29 is 9.47 Å². The number of ether oxygens (including phenoxy) is 2. The minimum absolute atomic E-state index is 0.186. The van der Waals surface area contributed by atoms with Gasteiger partial charge in [0, 0.05) is 29.9 Å². The van der Waals surface area contributed by atoms with Gasteiger partial charge >= 0.3 is 0 Å². The van der Waals surface area contributed by atoms with Crippen LogP contribution in [0, 0.1) is 0 Å². The molecule has 0 radical (unpaired) electrons. The molecule has 5 nitrogen and oxygen atoms in total. The van der Waals surface area contributed by atoms with Gasteiger partial charge in [-0.1, -0.05) is 36.4 Å². The predicted octanol–water partition coefficient (Wildman–Crippen LogP) is 2.44. The van der Waals surface area contributed by atoms with E-state index in [1.54, 1.807) is 0 Å². The Hall–Kier alpha value is -2.79. The fourth-order valence-electron chi connectivity index (χ4n) is 2.36. The van der Waals surface area contributed by atoms with Crippen molar-refractivity contribution >= 4 is 10.8 Å². The number of nitrogens with two attached hydrogens (primary N) is 1. The lowest BCUT2D eigenvalue weighted by molar-refractivity contribution is 0.217. The SMILES string of the molecule is NCc1cc(=O)c(OCCOc2cccc3ccccc23)c[nH]1. The lowest BCUT2D eigenvalue weighted by Crippen LogP contribution is -2.15. The van der Waals surface area contributed by atoms with Gasteiger partial charge in [-0.25, -0.2) is 0 Å². The predicted molar refractivity (Wildman–Crippen MR) is 89.9 cm³/mol. The second kappa shape index (κ2) is 6.98. The van der Waals surface area contributed by atoms with Gasteiger partial charge in [0.05, 0.1) is 0 Å². The molecule has 0 spiro atoms. The first kappa shape index (κ1) is 15.1. The molecule has 0 aliphatic rings. The number of nitrogens with one attached hydrogen (secondary N) is 1. The highest BCUT2D eigenvalue weighted by atomic mass is 16.5. The zero-order valence-electron chi connectivity index (χ0n) is 12.6. The number of pyridine rings is 1. The summed E-state index contributed by atoms with van der Waals surface area (Å²) in [5, 5.41) is 2.18. The highest BCUT2D eigenvalue weighted by Crippen LogP contribution is 2.24. The Morgan fingerprint density at radius 1 is 0.957 bits per heavy atom. The van der Waals surface area contributed by atoms with Crippen LogP contribution >= 0.6 is 0 Å². The molecule has 23 heavy (non-hydrogen) atoms. The van der Waals surface area contributed by atoms with Crippen LogP contribution in [-0.2, 0) is 6.54 Å². The summed E-state index contributed by atoms with van der Waals surface area (Å²) in [5.74, 6) is 1.07. The van der Waals surface area contributed by atoms with Crippen molar-refractivity contribution in [1.82, 2.24) is 4.98 Å². The summed E-state index contributed by atoms with van der Waals surface area (Å²) >= 11 is 0. The van der Waals surface area contributed by atoms with Gasteiger partial charge in [0.1, 0.15) is 19.0 Å². The quantitative estimate of drug-likeness (QED) is 0.686. The van der Waals surface area contributed by atoms with E-state index in [1.165, 1.54) is 12.3 Å². The molecule has 0 amide bonds. The molecule has 3 rings (SSSR count). The summed E-state index contributed by atoms with van der Waals surface area (Å²) in [6.45, 7) is 0.931. The Morgan fingerprint density at radius 2 is 1.70 bits per heavy atom. The van der Waals surface area contributed by atoms with Crippen LogP contribution in [-0.4, -0.2) is 18.2 Å². The lowest BCUT2D eigenvalue weighted by atomic mass is 10.1. The molecular formula is C18H18N2O3. The number of rotatable bonds is 6. The van der Waals surface area contributed by atoms with Gasteiger partial charge in [-0.3, -0.25) is 4.79 Å². The topological polar surface area (TPSA) is 77.3 Å². The minimum Gasteiger partial charge on any atom is -0.489 e. The van der Waals surface area contributed by atoms with E-state index in [-0.39, 0.29) is 17.8 Å². The van der Waals surface area contributed by atoms with E-state index in [4.69, 9.17) is 15.2 Å². The Morgan fingerprint density at radius 3 is 2.48 bits per heavy atom. The van der Waals surface area contributed by atoms with Gasteiger partial charge in [0.15, 0.2) is 5.75 Å². The van der Waals surface area contributed by atoms with Crippen molar-refractivity contribution in [3.63, 3.8) is 0 Å². The van der Waals surface area contributed by atoms with Gasteiger partial charge in [0.25, 0.3) is 0 Å². The molecule has 118 valence electrons. The number of hydrogen-bond donors (Lipinski definition) is 2. The number of H-pyrrole nitrogens is 1. The van der Waals surface area contributed by atoms with Crippen LogP contribution in [0.1, 0.15) is 5.69 Å². The molecule has 1 heterocycles. The maximum atomic E-state index is 11.8. The van der Waals surface area contributed by atoms with E-state index >= 15 is 0 Å². The molecule has 5 heteroatoms. The normalized spacial score (nSPS) is 10.7. The average molecular weight is 310 g/mol. The summed E-state index contributed by atoms with van der Waals surface area (Å²) < 4.78 is 11.2. The second-order valence-corrected chi connectivity index (χ2v) is 5.07. The summed E-state index contributed by atoms with van der Waals surface area (Å²) in [5.41, 5.74) is 5.96. The number of aromatic amines is 1. The van der Waals surface area contributed by atoms with E-state index < -0.39 is 0 Å². The van der Waals surface area contributed by atoms with Crippen molar-refractivity contribution in [1.29, 1.82) is 0 Å². The molecule has 1 aromatic heterocycles. The fraction of sp³-hybridized carbons (Fsp3) is 0.167. The third kappa shape index (κ3) is 3.52. The first-order chi connectivity index (χ1) is 11.3. The third-order valence-corrected chi connectivity index (χ3v) is 3.50. The first-order valence-corrected chi connectivity index (χ1v) is 7.43. The minimum atomic E-state index is -0.186. The van der Waals surface area contributed by atoms with Crippen molar-refractivity contribution in [3.05, 3.63) is 70.6 Å². The molecule has 3 N–H and O–H groups in total. The van der Waals surface area contributed by atoms with Crippen LogP contribution in [0.5, 0.6) is 11.5 Å². The van der Waals surface area contributed by atoms with E-state index in [2.05, 4.69) is 4.98 Å². The maximum absolute atomic E-state index is 11.8. The molecular weight excluding hydrogens is 292 g/mol. The van der Waals surface area contributed by atoms with Gasteiger partial charge < -0.3 is 20.2 Å². The number of fused-ring (bicyclic) bond motifs is 1. The number of hydrogen-bond acceptors (Lipinski definition) is 4. The molecule has 0 saturated heterocycles. The molecule has 2 aromatic carbocycles. The van der Waals surface area contributed by atoms with Crippen LogP contribution < -0.4 is 20.6 Å². The Kier molecular flexibility index (Phi) is 4.59. The monoisotopic (exact) mass is 310 g/mol. The van der Waals surface area contributed by atoms with E-state index in [0.717, 1.165) is 16.5 Å². The van der Waals surface area contributed by atoms with E-state index in [9.17, 15) is 4.79 Å². The summed E-state index contributed by atoms with van der Waals surface area (Å²) in [6.07, 6.45) is 1.53. The van der Waals surface area contributed by atoms with Crippen LogP contribution in [0.3, 0.4) is 0 Å². The molecule has 0 bridgehead atoms. The van der Waals surface area contributed by atoms with Crippen LogP contribution in [0.4, 0.5) is 0 Å². The van der Waals surface area contributed by atoms with Gasteiger partial charge in [-0.2, -0.15) is 0 Å². The number of aromatic nitrogens is 1. The van der Waals surface area contributed by atoms with Crippen molar-refractivity contribution in [2.75, 3.05) is 13.2 Å². The first-order valence-electron chi connectivity index (χ1n) is 7.43. The largest absolute Gasteiger partial charge is 0.489 e. The lowest BCUT2D eigenvalue weighted by Gasteiger charge is -2.10. The van der Waals surface area contributed by atoms with E-state index in [0.29, 0.717) is 18.8 Å². The molecule has 0 fully saturated rings. The van der Waals surface area contributed by atoms with Crippen molar-refractivity contribution in [2.24, 2.45) is 5.73 Å². The molecule has 0 saturated carbocycles. The molecule has 3 aromatic rings. The Balaban J connectivity index is 1.60. The molecule has 0 aliphatic carbocycles. The second-order valence-electron chi connectivity index (χ2n) is 5.07. The Bertz CT molecular complexity index is 853. The molecule has 0 atom stereocenters.